The molecule has 1 N–H and O–H groups in total. The third-order valence-electron chi connectivity index (χ3n) is 3.67. The summed E-state index contributed by atoms with van der Waals surface area (Å²) in [5.74, 6) is 1.85. The molecular formula is C16H19F3O3S. The maximum absolute atomic E-state index is 13.2. The van der Waals surface area contributed by atoms with Gasteiger partial charge in [-0.3, -0.25) is 0 Å². The van der Waals surface area contributed by atoms with Gasteiger partial charge in [0.05, 0.1) is 4.90 Å². The normalized spacial score (nSPS) is 15.7. The lowest BCUT2D eigenvalue weighted by molar-refractivity contribution is -0.264. The fourth-order valence-corrected chi connectivity index (χ4v) is 3.68. The van der Waals surface area contributed by atoms with Crippen LogP contribution in [0.2, 0.25) is 0 Å². The summed E-state index contributed by atoms with van der Waals surface area (Å²) in [6.07, 6.45) is -0.624. The molecule has 1 aromatic rings. The number of halogens is 3. The second-order valence-corrected chi connectivity index (χ2v) is 8.22. The van der Waals surface area contributed by atoms with Crippen molar-refractivity contribution >= 4 is 9.84 Å². The minimum Gasteiger partial charge on any atom is -0.380 e. The van der Waals surface area contributed by atoms with Crippen molar-refractivity contribution in [2.75, 3.05) is 6.26 Å². The second kappa shape index (κ2) is 6.17. The quantitative estimate of drug-likeness (QED) is 0.832. The van der Waals surface area contributed by atoms with E-state index < -0.39 is 39.9 Å². The summed E-state index contributed by atoms with van der Waals surface area (Å²) in [7, 11) is -3.62. The Morgan fingerprint density at radius 1 is 1.22 bits per heavy atom. The lowest BCUT2D eigenvalue weighted by atomic mass is 9.74. The zero-order valence-corrected chi connectivity index (χ0v) is 13.9. The van der Waals surface area contributed by atoms with Crippen LogP contribution >= 0.6 is 0 Å². The van der Waals surface area contributed by atoms with E-state index in [-0.39, 0.29) is 10.5 Å². The molecule has 0 saturated carbocycles. The van der Waals surface area contributed by atoms with E-state index in [4.69, 9.17) is 6.42 Å². The van der Waals surface area contributed by atoms with E-state index in [0.717, 1.165) is 6.26 Å². The van der Waals surface area contributed by atoms with E-state index in [9.17, 15) is 26.7 Å². The molecule has 0 aliphatic rings. The molecule has 0 amide bonds. The highest BCUT2D eigenvalue weighted by Crippen LogP contribution is 2.44. The van der Waals surface area contributed by atoms with Crippen LogP contribution in [0.4, 0.5) is 13.2 Å². The molecule has 1 atom stereocenters. The maximum atomic E-state index is 13.2. The van der Waals surface area contributed by atoms with Gasteiger partial charge >= 0.3 is 6.18 Å². The first-order valence-corrected chi connectivity index (χ1v) is 8.66. The number of alkyl halides is 3. The number of hydrogen-bond donors (Lipinski definition) is 1. The molecule has 0 fully saturated rings. The average Bonchev–Trinajstić information content (AvgIpc) is 2.36. The lowest BCUT2D eigenvalue weighted by Crippen LogP contribution is -2.49. The molecule has 0 spiro atoms. The van der Waals surface area contributed by atoms with Gasteiger partial charge in [0.2, 0.25) is 0 Å². The van der Waals surface area contributed by atoms with Gasteiger partial charge in [0.25, 0.3) is 0 Å². The van der Waals surface area contributed by atoms with E-state index in [0.29, 0.717) is 0 Å². The van der Waals surface area contributed by atoms with Gasteiger partial charge in [-0.1, -0.05) is 32.0 Å². The lowest BCUT2D eigenvalue weighted by Gasteiger charge is -2.37. The first-order valence-electron chi connectivity index (χ1n) is 6.77. The van der Waals surface area contributed by atoms with Gasteiger partial charge in [-0.15, -0.1) is 12.3 Å². The van der Waals surface area contributed by atoms with Crippen molar-refractivity contribution in [1.82, 2.24) is 0 Å². The van der Waals surface area contributed by atoms with Crippen molar-refractivity contribution < 1.29 is 26.7 Å². The van der Waals surface area contributed by atoms with E-state index >= 15 is 0 Å². The largest absolute Gasteiger partial charge is 0.418 e. The molecular weight excluding hydrogens is 329 g/mol. The smallest absolute Gasteiger partial charge is 0.380 e. The predicted octanol–water partition coefficient (Wildman–Crippen LogP) is 3.07. The van der Waals surface area contributed by atoms with E-state index in [1.807, 2.05) is 5.92 Å². The minimum absolute atomic E-state index is 0.0600. The molecule has 0 saturated heterocycles. The van der Waals surface area contributed by atoms with Crippen LogP contribution in [0.25, 0.3) is 0 Å². The predicted molar refractivity (Wildman–Crippen MR) is 81.6 cm³/mol. The van der Waals surface area contributed by atoms with Crippen molar-refractivity contribution in [3.63, 3.8) is 0 Å². The fraction of sp³-hybridized carbons (Fsp3) is 0.500. The minimum atomic E-state index is -4.92. The number of aliphatic hydroxyl groups is 1. The summed E-state index contributed by atoms with van der Waals surface area (Å²) >= 11 is 0. The first kappa shape index (κ1) is 19.5. The van der Waals surface area contributed by atoms with Gasteiger partial charge in [-0.2, -0.15) is 13.2 Å². The van der Waals surface area contributed by atoms with E-state index in [1.165, 1.54) is 32.0 Å². The molecule has 0 bridgehead atoms. The van der Waals surface area contributed by atoms with Crippen LogP contribution < -0.4 is 0 Å². The Bertz CT molecular complexity index is 715. The van der Waals surface area contributed by atoms with E-state index in [1.54, 1.807) is 6.07 Å². The Kier molecular flexibility index (Phi) is 5.24. The molecule has 7 heteroatoms. The fourth-order valence-electron chi connectivity index (χ4n) is 2.61. The van der Waals surface area contributed by atoms with Gasteiger partial charge in [-0.25, -0.2) is 8.42 Å². The number of sulfone groups is 1. The SMILES string of the molecule is C#CCC(O)(CC(C)(C)c1ccccc1S(C)(=O)=O)C(F)(F)F. The molecule has 23 heavy (non-hydrogen) atoms. The molecule has 1 aromatic carbocycles. The number of hydrogen-bond acceptors (Lipinski definition) is 3. The zero-order valence-electron chi connectivity index (χ0n) is 13.1. The monoisotopic (exact) mass is 348 g/mol. The highest BCUT2D eigenvalue weighted by atomic mass is 32.2. The molecule has 128 valence electrons. The van der Waals surface area contributed by atoms with E-state index in [2.05, 4.69) is 0 Å². The third kappa shape index (κ3) is 4.27. The molecule has 1 rings (SSSR count). The van der Waals surface area contributed by atoms with Crippen molar-refractivity contribution in [1.29, 1.82) is 0 Å². The van der Waals surface area contributed by atoms with Gasteiger partial charge in [0.1, 0.15) is 0 Å². The molecule has 3 nitrogen and oxygen atoms in total. The Morgan fingerprint density at radius 2 is 1.74 bits per heavy atom. The van der Waals surface area contributed by atoms with Crippen LogP contribution in [0.15, 0.2) is 29.2 Å². The van der Waals surface area contributed by atoms with Gasteiger partial charge < -0.3 is 5.11 Å². The van der Waals surface area contributed by atoms with Gasteiger partial charge in [-0.05, 0) is 23.5 Å². The molecule has 0 aliphatic heterocycles. The standard InChI is InChI=1S/C16H19F3O3S/c1-5-10-15(20,16(17,18)19)11-14(2,3)12-8-6-7-9-13(12)23(4,21)22/h1,6-9,20H,10-11H2,2-4H3. The summed E-state index contributed by atoms with van der Waals surface area (Å²) in [6.45, 7) is 2.90. The summed E-state index contributed by atoms with van der Waals surface area (Å²) in [5, 5.41) is 10.0. The summed E-state index contributed by atoms with van der Waals surface area (Å²) in [5.41, 5.74) is -4.14. The summed E-state index contributed by atoms with van der Waals surface area (Å²) in [6, 6.07) is 5.82. The Labute approximate surface area is 134 Å². The topological polar surface area (TPSA) is 54.4 Å². The molecule has 0 heterocycles. The van der Waals surface area contributed by atoms with Crippen molar-refractivity contribution in [2.24, 2.45) is 0 Å². The van der Waals surface area contributed by atoms with Crippen LogP contribution in [0.5, 0.6) is 0 Å². The first-order chi connectivity index (χ1) is 10.2. The highest BCUT2D eigenvalue weighted by Gasteiger charge is 2.55. The molecule has 0 aliphatic carbocycles. The number of benzene rings is 1. The van der Waals surface area contributed by atoms with Gasteiger partial charge in [0, 0.05) is 12.7 Å². The maximum Gasteiger partial charge on any atom is 0.418 e. The second-order valence-electron chi connectivity index (χ2n) is 6.24. The molecule has 0 aromatic heterocycles. The Morgan fingerprint density at radius 3 is 2.17 bits per heavy atom. The van der Waals surface area contributed by atoms with Crippen LogP contribution in [-0.2, 0) is 15.3 Å². The van der Waals surface area contributed by atoms with Gasteiger partial charge in [0.15, 0.2) is 15.4 Å². The average molecular weight is 348 g/mol. The van der Waals surface area contributed by atoms with Crippen LogP contribution in [-0.4, -0.2) is 31.6 Å². The summed E-state index contributed by atoms with van der Waals surface area (Å²) in [4.78, 5) is -0.0600. The number of rotatable bonds is 5. The third-order valence-corrected chi connectivity index (χ3v) is 4.83. The van der Waals surface area contributed by atoms with Crippen LogP contribution in [0.3, 0.4) is 0 Å². The highest BCUT2D eigenvalue weighted by molar-refractivity contribution is 7.90. The van der Waals surface area contributed by atoms with Crippen molar-refractivity contribution in [2.45, 2.75) is 48.8 Å². The zero-order chi connectivity index (χ0) is 18.1. The van der Waals surface area contributed by atoms with Crippen LogP contribution in [0.1, 0.15) is 32.3 Å². The Hall–Kier alpha value is -1.52. The van der Waals surface area contributed by atoms with Crippen molar-refractivity contribution in [3.05, 3.63) is 29.8 Å². The molecule has 0 radical (unpaired) electrons. The Balaban J connectivity index is 3.41. The number of terminal acetylenes is 1. The summed E-state index contributed by atoms with van der Waals surface area (Å²) < 4.78 is 63.4. The van der Waals surface area contributed by atoms with Crippen molar-refractivity contribution in [3.8, 4) is 12.3 Å². The van der Waals surface area contributed by atoms with Crippen LogP contribution in [0, 0.1) is 12.3 Å². The molecule has 1 unspecified atom stereocenters.